The third kappa shape index (κ3) is 3.00. The van der Waals surface area contributed by atoms with Crippen molar-refractivity contribution >= 4 is 6.08 Å². The highest BCUT2D eigenvalue weighted by Gasteiger charge is 2.31. The lowest BCUT2D eigenvalue weighted by molar-refractivity contribution is -0.170. The average Bonchev–Trinajstić information content (AvgIpc) is 2.61. The van der Waals surface area contributed by atoms with Gasteiger partial charge in [-0.15, -0.1) is 0 Å². The Bertz CT molecular complexity index is 701. The van der Waals surface area contributed by atoms with Crippen LogP contribution in [0.3, 0.4) is 0 Å². The van der Waals surface area contributed by atoms with E-state index in [4.69, 9.17) is 9.47 Å². The Hall–Kier alpha value is -1.68. The predicted octanol–water partition coefficient (Wildman–Crippen LogP) is 3.64. The summed E-state index contributed by atoms with van der Waals surface area (Å²) in [6.07, 6.45) is 10.4. The van der Waals surface area contributed by atoms with Crippen LogP contribution in [0.15, 0.2) is 53.6 Å². The largest absolute Gasteiger partial charge is 0.376 e. The molecule has 1 heterocycles. The summed E-state index contributed by atoms with van der Waals surface area (Å²) in [7, 11) is 0. The van der Waals surface area contributed by atoms with E-state index in [9.17, 15) is 5.11 Å². The van der Waals surface area contributed by atoms with Gasteiger partial charge in [0.25, 0.3) is 0 Å². The Kier molecular flexibility index (Phi) is 4.40. The zero-order chi connectivity index (χ0) is 16.5. The Morgan fingerprint density at radius 1 is 1.29 bits per heavy atom. The van der Waals surface area contributed by atoms with E-state index in [1.807, 2.05) is 19.1 Å². The minimum absolute atomic E-state index is 0.0324. The molecule has 0 aromatic heterocycles. The lowest BCUT2D eigenvalue weighted by Crippen LogP contribution is -2.38. The van der Waals surface area contributed by atoms with E-state index in [0.717, 1.165) is 31.4 Å². The zero-order valence-corrected chi connectivity index (χ0v) is 14.0. The van der Waals surface area contributed by atoms with Crippen molar-refractivity contribution in [2.24, 2.45) is 5.92 Å². The second-order valence-corrected chi connectivity index (χ2v) is 6.86. The quantitative estimate of drug-likeness (QED) is 0.863. The minimum atomic E-state index is -0.900. The first kappa shape index (κ1) is 15.8. The molecule has 0 radical (unpaired) electrons. The third-order valence-electron chi connectivity index (χ3n) is 5.26. The van der Waals surface area contributed by atoms with Crippen LogP contribution in [0.2, 0.25) is 0 Å². The van der Waals surface area contributed by atoms with Crippen LogP contribution in [0, 0.1) is 5.92 Å². The van der Waals surface area contributed by atoms with Crippen molar-refractivity contribution in [3.05, 3.63) is 64.8 Å². The van der Waals surface area contributed by atoms with Gasteiger partial charge in [-0.2, -0.15) is 0 Å². The maximum absolute atomic E-state index is 10.7. The summed E-state index contributed by atoms with van der Waals surface area (Å²) in [5, 5.41) is 10.7. The molecule has 1 aliphatic heterocycles. The van der Waals surface area contributed by atoms with Gasteiger partial charge in [0.2, 0.25) is 0 Å². The van der Waals surface area contributed by atoms with Gasteiger partial charge in [0.1, 0.15) is 0 Å². The number of aliphatic hydroxyl groups excluding tert-OH is 1. The molecule has 3 heteroatoms. The van der Waals surface area contributed by atoms with Gasteiger partial charge in [-0.3, -0.25) is 0 Å². The highest BCUT2D eigenvalue weighted by atomic mass is 16.6. The monoisotopic (exact) mass is 324 g/mol. The summed E-state index contributed by atoms with van der Waals surface area (Å²) in [6, 6.07) is 8.47. The van der Waals surface area contributed by atoms with Crippen LogP contribution in [-0.4, -0.2) is 30.2 Å². The average molecular weight is 324 g/mol. The van der Waals surface area contributed by atoms with Crippen molar-refractivity contribution in [3.8, 4) is 0 Å². The van der Waals surface area contributed by atoms with Crippen molar-refractivity contribution in [2.75, 3.05) is 6.61 Å². The third-order valence-corrected chi connectivity index (χ3v) is 5.26. The van der Waals surface area contributed by atoms with Crippen LogP contribution in [0.4, 0.5) is 0 Å². The van der Waals surface area contributed by atoms with Gasteiger partial charge in [-0.25, -0.2) is 0 Å². The molecule has 2 aliphatic carbocycles. The summed E-state index contributed by atoms with van der Waals surface area (Å²) in [4.78, 5) is 0. The fraction of sp³-hybridized carbons (Fsp3) is 0.429. The first-order chi connectivity index (χ1) is 11.7. The molecule has 4 atom stereocenters. The van der Waals surface area contributed by atoms with Gasteiger partial charge in [-0.05, 0) is 42.9 Å². The van der Waals surface area contributed by atoms with Crippen molar-refractivity contribution in [1.29, 1.82) is 0 Å². The number of hydrogen-bond donors (Lipinski definition) is 1. The molecule has 4 rings (SSSR count). The smallest absolute Gasteiger partial charge is 0.181 e. The van der Waals surface area contributed by atoms with E-state index < -0.39 is 6.29 Å². The summed E-state index contributed by atoms with van der Waals surface area (Å²) < 4.78 is 11.6. The fourth-order valence-electron chi connectivity index (χ4n) is 3.88. The number of ether oxygens (including phenoxy) is 2. The molecular weight excluding hydrogens is 300 g/mol. The van der Waals surface area contributed by atoms with E-state index in [2.05, 4.69) is 36.4 Å². The van der Waals surface area contributed by atoms with Crippen LogP contribution in [0.25, 0.3) is 6.08 Å². The molecule has 126 valence electrons. The molecule has 3 aliphatic rings. The highest BCUT2D eigenvalue weighted by Crippen LogP contribution is 2.37. The number of aliphatic hydroxyl groups is 1. The molecule has 0 saturated carbocycles. The minimum Gasteiger partial charge on any atom is -0.376 e. The van der Waals surface area contributed by atoms with E-state index in [1.165, 1.54) is 16.7 Å². The van der Waals surface area contributed by atoms with Crippen LogP contribution in [0.5, 0.6) is 0 Å². The van der Waals surface area contributed by atoms with Crippen LogP contribution in [-0.2, 0) is 15.9 Å². The number of rotatable bonds is 3. The molecule has 4 unspecified atom stereocenters. The molecule has 0 bridgehead atoms. The fourth-order valence-corrected chi connectivity index (χ4v) is 3.88. The summed E-state index contributed by atoms with van der Waals surface area (Å²) in [6.45, 7) is 2.80. The van der Waals surface area contributed by atoms with Gasteiger partial charge in [0, 0.05) is 18.1 Å². The van der Waals surface area contributed by atoms with Crippen molar-refractivity contribution < 1.29 is 14.6 Å². The summed E-state index contributed by atoms with van der Waals surface area (Å²) in [5.74, 6) is 0.318. The van der Waals surface area contributed by atoms with Gasteiger partial charge in [0.15, 0.2) is 6.29 Å². The van der Waals surface area contributed by atoms with Gasteiger partial charge >= 0.3 is 0 Å². The van der Waals surface area contributed by atoms with Crippen molar-refractivity contribution in [1.82, 2.24) is 0 Å². The molecule has 0 spiro atoms. The van der Waals surface area contributed by atoms with Crippen LogP contribution >= 0.6 is 0 Å². The summed E-state index contributed by atoms with van der Waals surface area (Å²) in [5.41, 5.74) is 4.66. The second-order valence-electron chi connectivity index (χ2n) is 6.86. The molecule has 24 heavy (non-hydrogen) atoms. The van der Waals surface area contributed by atoms with Gasteiger partial charge < -0.3 is 14.6 Å². The SMILES string of the molecule is CC1OCCCC1OC(O)C1=CC=CC2Cc3ccccc3C=C12. The van der Waals surface area contributed by atoms with E-state index >= 15 is 0 Å². The first-order valence-corrected chi connectivity index (χ1v) is 8.86. The standard InChI is InChI=1S/C21H24O3/c1-14-20(10-5-11-23-14)24-21(22)18-9-4-8-17-12-15-6-2-3-7-16(15)13-19(17)18/h2-4,6-9,13-14,17,20-22H,5,10-12H2,1H3. The number of hydrogen-bond acceptors (Lipinski definition) is 3. The first-order valence-electron chi connectivity index (χ1n) is 8.86. The molecule has 3 nitrogen and oxygen atoms in total. The molecule has 1 N–H and O–H groups in total. The van der Waals surface area contributed by atoms with Crippen molar-refractivity contribution in [3.63, 3.8) is 0 Å². The maximum Gasteiger partial charge on any atom is 0.181 e. The molecular formula is C21H24O3. The number of allylic oxidation sites excluding steroid dienone is 3. The van der Waals surface area contributed by atoms with E-state index in [-0.39, 0.29) is 12.2 Å². The number of benzene rings is 1. The molecule has 1 saturated heterocycles. The molecule has 1 aromatic rings. The van der Waals surface area contributed by atoms with E-state index in [0.29, 0.717) is 5.92 Å². The van der Waals surface area contributed by atoms with E-state index in [1.54, 1.807) is 0 Å². The molecule has 1 aromatic carbocycles. The van der Waals surface area contributed by atoms with Crippen molar-refractivity contribution in [2.45, 2.75) is 44.7 Å². The summed E-state index contributed by atoms with van der Waals surface area (Å²) >= 11 is 0. The second kappa shape index (κ2) is 6.67. The highest BCUT2D eigenvalue weighted by molar-refractivity contribution is 5.67. The molecule has 0 amide bonds. The predicted molar refractivity (Wildman–Crippen MR) is 94.4 cm³/mol. The Morgan fingerprint density at radius 2 is 2.17 bits per heavy atom. The maximum atomic E-state index is 10.7. The zero-order valence-electron chi connectivity index (χ0n) is 14.0. The van der Waals surface area contributed by atoms with Crippen LogP contribution < -0.4 is 0 Å². The Balaban J connectivity index is 1.57. The normalized spacial score (nSPS) is 30.0. The lowest BCUT2D eigenvalue weighted by Gasteiger charge is -2.34. The molecule has 1 fully saturated rings. The van der Waals surface area contributed by atoms with Crippen LogP contribution in [0.1, 0.15) is 30.9 Å². The topological polar surface area (TPSA) is 38.7 Å². The Morgan fingerprint density at radius 3 is 3.04 bits per heavy atom. The number of fused-ring (bicyclic) bond motifs is 2. The Labute approximate surface area is 143 Å². The van der Waals surface area contributed by atoms with Gasteiger partial charge in [0.05, 0.1) is 12.2 Å². The lowest BCUT2D eigenvalue weighted by atomic mass is 9.78. The van der Waals surface area contributed by atoms with Gasteiger partial charge in [-0.1, -0.05) is 48.6 Å².